The molecule has 0 aliphatic carbocycles. The van der Waals surface area contributed by atoms with Gasteiger partial charge in [-0.05, 0) is 0 Å². The van der Waals surface area contributed by atoms with Crippen LogP contribution in [0.4, 0.5) is 0 Å². The number of carboxylic acid groups (broad SMARTS) is 1. The number of ether oxygens (including phenoxy) is 1. The molecule has 0 aromatic rings. The Morgan fingerprint density at radius 3 is 3.00 bits per heavy atom. The molecule has 0 aromatic heterocycles. The van der Waals surface area contributed by atoms with Crippen LogP contribution in [0.25, 0.3) is 0 Å². The predicted octanol–water partition coefficient (Wildman–Crippen LogP) is 0.278. The first-order valence-electron chi connectivity index (χ1n) is 3.16. The van der Waals surface area contributed by atoms with Gasteiger partial charge in [-0.3, -0.25) is 4.99 Å². The van der Waals surface area contributed by atoms with E-state index in [-0.39, 0.29) is 6.54 Å². The molecule has 0 aromatic carbocycles. The van der Waals surface area contributed by atoms with Crippen molar-refractivity contribution in [1.82, 2.24) is 0 Å². The number of aliphatic carboxylic acids is 1. The lowest BCUT2D eigenvalue weighted by molar-refractivity contribution is -0.144. The molecule has 1 heterocycles. The summed E-state index contributed by atoms with van der Waals surface area (Å²) in [5, 5.41) is 8.43. The van der Waals surface area contributed by atoms with Gasteiger partial charge in [0.05, 0.1) is 6.54 Å². The van der Waals surface area contributed by atoms with E-state index in [0.717, 1.165) is 0 Å². The summed E-state index contributed by atoms with van der Waals surface area (Å²) in [7, 11) is 0. The molecular weight excluding hydrogens is 134 g/mol. The van der Waals surface area contributed by atoms with Crippen LogP contribution in [0.5, 0.6) is 0 Å². The van der Waals surface area contributed by atoms with Gasteiger partial charge in [0.25, 0.3) is 0 Å². The molecule has 1 atom stereocenters. The Labute approximate surface area is 58.5 Å². The van der Waals surface area contributed by atoms with E-state index in [2.05, 4.69) is 4.99 Å². The molecule has 1 rings (SSSR count). The van der Waals surface area contributed by atoms with Crippen LogP contribution in [0.3, 0.4) is 0 Å². The summed E-state index contributed by atoms with van der Waals surface area (Å²) in [6, 6.07) is 0. The van der Waals surface area contributed by atoms with Gasteiger partial charge in [0.15, 0.2) is 5.90 Å². The molecule has 0 saturated carbocycles. The van der Waals surface area contributed by atoms with Crippen molar-refractivity contribution in [3.8, 4) is 0 Å². The van der Waals surface area contributed by atoms with Crippen LogP contribution in [-0.2, 0) is 9.53 Å². The number of carbonyl (C=O) groups is 1. The fourth-order valence-corrected chi connectivity index (χ4v) is 0.747. The highest BCUT2D eigenvalue weighted by molar-refractivity contribution is 5.83. The maximum absolute atomic E-state index is 10.3. The molecule has 56 valence electrons. The molecule has 0 saturated heterocycles. The minimum Gasteiger partial charge on any atom is -0.478 e. The maximum Gasteiger partial charge on any atom is 0.346 e. The second kappa shape index (κ2) is 2.68. The van der Waals surface area contributed by atoms with Crippen LogP contribution in [0.15, 0.2) is 4.99 Å². The van der Waals surface area contributed by atoms with Crippen LogP contribution >= 0.6 is 0 Å². The Morgan fingerprint density at radius 1 is 2.00 bits per heavy atom. The van der Waals surface area contributed by atoms with Crippen molar-refractivity contribution in [3.05, 3.63) is 0 Å². The number of hydrogen-bond donors (Lipinski definition) is 1. The molecule has 0 radical (unpaired) electrons. The maximum atomic E-state index is 10.3. The first-order chi connectivity index (χ1) is 4.74. The largest absolute Gasteiger partial charge is 0.478 e. The molecule has 0 bridgehead atoms. The van der Waals surface area contributed by atoms with E-state index in [0.29, 0.717) is 12.3 Å². The fourth-order valence-electron chi connectivity index (χ4n) is 0.747. The lowest BCUT2D eigenvalue weighted by Gasteiger charge is -2.03. The van der Waals surface area contributed by atoms with Gasteiger partial charge in [-0.2, -0.15) is 0 Å². The van der Waals surface area contributed by atoms with Crippen LogP contribution in [-0.4, -0.2) is 29.6 Å². The Balaban J connectivity index is 2.43. The summed E-state index contributed by atoms with van der Waals surface area (Å²) in [6.45, 7) is 2.14. The van der Waals surface area contributed by atoms with E-state index in [1.54, 1.807) is 0 Å². The molecule has 4 heteroatoms. The predicted molar refractivity (Wildman–Crippen MR) is 35.1 cm³/mol. The van der Waals surface area contributed by atoms with E-state index in [4.69, 9.17) is 9.84 Å². The molecule has 0 spiro atoms. The first kappa shape index (κ1) is 7.05. The Morgan fingerprint density at radius 2 is 2.70 bits per heavy atom. The van der Waals surface area contributed by atoms with Crippen LogP contribution in [0.2, 0.25) is 0 Å². The van der Waals surface area contributed by atoms with E-state index in [1.807, 2.05) is 6.92 Å². The number of rotatable bonds is 2. The van der Waals surface area contributed by atoms with Gasteiger partial charge in [0.1, 0.15) is 0 Å². The topological polar surface area (TPSA) is 58.9 Å². The van der Waals surface area contributed by atoms with Crippen LogP contribution in [0.1, 0.15) is 13.3 Å². The summed E-state index contributed by atoms with van der Waals surface area (Å²) >= 11 is 0. The van der Waals surface area contributed by atoms with Crippen LogP contribution in [0, 0.1) is 0 Å². The van der Waals surface area contributed by atoms with Gasteiger partial charge in [-0.1, -0.05) is 6.92 Å². The zero-order valence-corrected chi connectivity index (χ0v) is 5.70. The molecule has 10 heavy (non-hydrogen) atoms. The molecule has 1 unspecified atom stereocenters. The van der Waals surface area contributed by atoms with Crippen LogP contribution < -0.4 is 0 Å². The van der Waals surface area contributed by atoms with Gasteiger partial charge >= 0.3 is 5.97 Å². The third kappa shape index (κ3) is 1.26. The standard InChI is InChI=1S/C6H9NO3/c1-2-5-7-3-4(10-5)6(8)9/h4H,2-3H2,1H3,(H,8,9). The fraction of sp³-hybridized carbons (Fsp3) is 0.667. The molecular formula is C6H9NO3. The molecule has 1 N–H and O–H groups in total. The lowest BCUT2D eigenvalue weighted by Crippen LogP contribution is -2.23. The van der Waals surface area contributed by atoms with Gasteiger partial charge in [0.2, 0.25) is 6.10 Å². The van der Waals surface area contributed by atoms with Gasteiger partial charge < -0.3 is 9.84 Å². The van der Waals surface area contributed by atoms with E-state index in [1.165, 1.54) is 0 Å². The van der Waals surface area contributed by atoms with E-state index in [9.17, 15) is 4.79 Å². The summed E-state index contributed by atoms with van der Waals surface area (Å²) in [4.78, 5) is 14.1. The van der Waals surface area contributed by atoms with E-state index >= 15 is 0 Å². The minimum absolute atomic E-state index is 0.262. The smallest absolute Gasteiger partial charge is 0.346 e. The molecule has 0 amide bonds. The zero-order chi connectivity index (χ0) is 7.56. The zero-order valence-electron chi connectivity index (χ0n) is 5.70. The lowest BCUT2D eigenvalue weighted by atomic mass is 10.4. The highest BCUT2D eigenvalue weighted by Gasteiger charge is 2.24. The minimum atomic E-state index is -0.938. The first-order valence-corrected chi connectivity index (χ1v) is 3.16. The number of nitrogens with zero attached hydrogens (tertiary/aromatic N) is 1. The summed E-state index contributed by atoms with van der Waals surface area (Å²) in [6.07, 6.45) is -0.0704. The molecule has 1 aliphatic heterocycles. The van der Waals surface area contributed by atoms with Crippen molar-refractivity contribution in [1.29, 1.82) is 0 Å². The van der Waals surface area contributed by atoms with Gasteiger partial charge in [-0.25, -0.2) is 4.79 Å². The van der Waals surface area contributed by atoms with Crippen molar-refractivity contribution in [2.75, 3.05) is 6.54 Å². The quantitative estimate of drug-likeness (QED) is 0.604. The van der Waals surface area contributed by atoms with Crippen molar-refractivity contribution in [2.24, 2.45) is 4.99 Å². The molecule has 4 nitrogen and oxygen atoms in total. The molecule has 0 fully saturated rings. The second-order valence-corrected chi connectivity index (χ2v) is 2.03. The third-order valence-electron chi connectivity index (χ3n) is 1.29. The summed E-state index contributed by atoms with van der Waals surface area (Å²) < 4.78 is 4.92. The highest BCUT2D eigenvalue weighted by Crippen LogP contribution is 2.06. The average molecular weight is 143 g/mol. The van der Waals surface area contributed by atoms with Crippen molar-refractivity contribution >= 4 is 11.9 Å². The molecule has 1 aliphatic rings. The third-order valence-corrected chi connectivity index (χ3v) is 1.29. The Bertz CT molecular complexity index is 176. The van der Waals surface area contributed by atoms with Crippen molar-refractivity contribution in [3.63, 3.8) is 0 Å². The SMILES string of the molecule is CCC1=NCC(C(=O)O)O1. The monoisotopic (exact) mass is 143 g/mol. The number of aliphatic imine (C=N–C) groups is 1. The summed E-state index contributed by atoms with van der Waals surface area (Å²) in [5.41, 5.74) is 0. The Kier molecular flexibility index (Phi) is 1.89. The van der Waals surface area contributed by atoms with E-state index < -0.39 is 12.1 Å². The number of carboxylic acids is 1. The number of hydrogen-bond acceptors (Lipinski definition) is 3. The normalized spacial score (nSPS) is 23.7. The van der Waals surface area contributed by atoms with Gasteiger partial charge in [-0.15, -0.1) is 0 Å². The Hall–Kier alpha value is -1.06. The summed E-state index contributed by atoms with van der Waals surface area (Å²) in [5.74, 6) is -0.389. The van der Waals surface area contributed by atoms with Gasteiger partial charge in [0, 0.05) is 6.42 Å². The van der Waals surface area contributed by atoms with Crippen molar-refractivity contribution < 1.29 is 14.6 Å². The average Bonchev–Trinajstić information content (AvgIpc) is 2.34. The highest BCUT2D eigenvalue weighted by atomic mass is 16.5. The second-order valence-electron chi connectivity index (χ2n) is 2.03. The van der Waals surface area contributed by atoms with Crippen molar-refractivity contribution in [2.45, 2.75) is 19.4 Å².